The Morgan fingerprint density at radius 2 is 1.66 bits per heavy atom. The first-order valence-electron chi connectivity index (χ1n) is 10.1. The second-order valence-corrected chi connectivity index (χ2v) is 9.66. The summed E-state index contributed by atoms with van der Waals surface area (Å²) in [5, 5.41) is 8.47. The SMILES string of the molecule is NS(=O)(=O)c1ccc(C2(C(=O)NC(CN3CCCC3)c3ccccc3)CC2)cc1. The van der Waals surface area contributed by atoms with Gasteiger partial charge in [-0.15, -0.1) is 0 Å². The third-order valence-electron chi connectivity index (χ3n) is 6.07. The van der Waals surface area contributed by atoms with Crippen molar-refractivity contribution in [2.45, 2.75) is 42.0 Å². The maximum Gasteiger partial charge on any atom is 0.238 e. The molecule has 6 nitrogen and oxygen atoms in total. The molecule has 154 valence electrons. The Hall–Kier alpha value is -2.22. The number of hydrogen-bond donors (Lipinski definition) is 2. The summed E-state index contributed by atoms with van der Waals surface area (Å²) in [5.41, 5.74) is 1.37. The lowest BCUT2D eigenvalue weighted by atomic mass is 9.94. The maximum absolute atomic E-state index is 13.3. The van der Waals surface area contributed by atoms with Crippen molar-refractivity contribution in [2.24, 2.45) is 5.14 Å². The molecule has 1 atom stereocenters. The molecule has 1 aliphatic heterocycles. The highest BCUT2D eigenvalue weighted by Crippen LogP contribution is 2.49. The van der Waals surface area contributed by atoms with E-state index >= 15 is 0 Å². The van der Waals surface area contributed by atoms with Crippen LogP contribution in [0.5, 0.6) is 0 Å². The third kappa shape index (κ3) is 4.37. The molecule has 2 aromatic carbocycles. The van der Waals surface area contributed by atoms with Crippen molar-refractivity contribution in [3.63, 3.8) is 0 Å². The fraction of sp³-hybridized carbons (Fsp3) is 0.409. The predicted molar refractivity (Wildman–Crippen MR) is 112 cm³/mol. The second kappa shape index (κ2) is 7.89. The summed E-state index contributed by atoms with van der Waals surface area (Å²) < 4.78 is 23.0. The highest BCUT2D eigenvalue weighted by Gasteiger charge is 2.51. The number of rotatable bonds is 7. The molecule has 1 saturated heterocycles. The van der Waals surface area contributed by atoms with Gasteiger partial charge in [-0.25, -0.2) is 13.6 Å². The van der Waals surface area contributed by atoms with Gasteiger partial charge in [-0.2, -0.15) is 0 Å². The van der Waals surface area contributed by atoms with Gasteiger partial charge >= 0.3 is 0 Å². The Kier molecular flexibility index (Phi) is 5.46. The lowest BCUT2D eigenvalue weighted by Gasteiger charge is -2.27. The van der Waals surface area contributed by atoms with Crippen molar-refractivity contribution in [1.29, 1.82) is 0 Å². The Morgan fingerprint density at radius 3 is 2.21 bits per heavy atom. The second-order valence-electron chi connectivity index (χ2n) is 8.10. The van der Waals surface area contributed by atoms with Crippen LogP contribution in [0, 0.1) is 0 Å². The number of hydrogen-bond acceptors (Lipinski definition) is 4. The first-order valence-corrected chi connectivity index (χ1v) is 11.6. The lowest BCUT2D eigenvalue weighted by molar-refractivity contribution is -0.124. The molecule has 3 N–H and O–H groups in total. The van der Waals surface area contributed by atoms with Crippen molar-refractivity contribution >= 4 is 15.9 Å². The van der Waals surface area contributed by atoms with E-state index in [1.807, 2.05) is 18.2 Å². The van der Waals surface area contributed by atoms with Crippen LogP contribution < -0.4 is 10.5 Å². The van der Waals surface area contributed by atoms with Gasteiger partial charge in [-0.1, -0.05) is 42.5 Å². The Labute approximate surface area is 172 Å². The van der Waals surface area contributed by atoms with Crippen molar-refractivity contribution in [2.75, 3.05) is 19.6 Å². The number of primary sulfonamides is 1. The van der Waals surface area contributed by atoms with Gasteiger partial charge in [-0.05, 0) is 62.0 Å². The van der Waals surface area contributed by atoms with Crippen LogP contribution in [0.2, 0.25) is 0 Å². The Balaban J connectivity index is 1.53. The van der Waals surface area contributed by atoms with Crippen LogP contribution in [0.3, 0.4) is 0 Å². The summed E-state index contributed by atoms with van der Waals surface area (Å²) in [6, 6.07) is 16.4. The lowest BCUT2D eigenvalue weighted by Crippen LogP contribution is -2.41. The largest absolute Gasteiger partial charge is 0.347 e. The molecule has 7 heteroatoms. The topological polar surface area (TPSA) is 92.5 Å². The van der Waals surface area contributed by atoms with E-state index in [0.29, 0.717) is 0 Å². The van der Waals surface area contributed by atoms with Crippen molar-refractivity contribution < 1.29 is 13.2 Å². The zero-order valence-corrected chi connectivity index (χ0v) is 17.2. The highest BCUT2D eigenvalue weighted by atomic mass is 32.2. The molecule has 1 aliphatic carbocycles. The smallest absolute Gasteiger partial charge is 0.238 e. The molecule has 1 heterocycles. The standard InChI is InChI=1S/C22H27N3O3S/c23-29(27,28)19-10-8-18(9-11-19)22(12-13-22)21(26)24-20(16-25-14-4-5-15-25)17-6-2-1-3-7-17/h1-3,6-11,20H,4-5,12-16H2,(H,24,26)(H2,23,27,28). The van der Waals surface area contributed by atoms with Crippen molar-refractivity contribution in [3.8, 4) is 0 Å². The van der Waals surface area contributed by atoms with Gasteiger partial charge < -0.3 is 10.2 Å². The molecule has 2 fully saturated rings. The normalized spacial score (nSPS) is 19.6. The van der Waals surface area contributed by atoms with E-state index in [1.54, 1.807) is 12.1 Å². The molecule has 0 spiro atoms. The molecular weight excluding hydrogens is 386 g/mol. The zero-order valence-electron chi connectivity index (χ0n) is 16.4. The summed E-state index contributed by atoms with van der Waals surface area (Å²) >= 11 is 0. The van der Waals surface area contributed by atoms with Gasteiger partial charge in [0.15, 0.2) is 0 Å². The Morgan fingerprint density at radius 1 is 1.03 bits per heavy atom. The van der Waals surface area contributed by atoms with Gasteiger partial charge in [0, 0.05) is 6.54 Å². The van der Waals surface area contributed by atoms with E-state index < -0.39 is 15.4 Å². The van der Waals surface area contributed by atoms with Crippen LogP contribution in [-0.2, 0) is 20.2 Å². The number of benzene rings is 2. The number of nitrogens with one attached hydrogen (secondary N) is 1. The minimum absolute atomic E-state index is 0.00825. The fourth-order valence-corrected chi connectivity index (χ4v) is 4.69. The molecule has 0 radical (unpaired) electrons. The molecule has 29 heavy (non-hydrogen) atoms. The van der Waals surface area contributed by atoms with Crippen LogP contribution in [-0.4, -0.2) is 38.9 Å². The zero-order chi connectivity index (χ0) is 20.5. The molecule has 4 rings (SSSR count). The van der Waals surface area contributed by atoms with Crippen LogP contribution >= 0.6 is 0 Å². The first-order chi connectivity index (χ1) is 13.9. The summed E-state index contributed by atoms with van der Waals surface area (Å²) in [7, 11) is -3.74. The predicted octanol–water partition coefficient (Wildman–Crippen LogP) is 2.32. The fourth-order valence-electron chi connectivity index (χ4n) is 4.18. The number of carbonyl (C=O) groups excluding carboxylic acids is 1. The number of nitrogens with two attached hydrogens (primary N) is 1. The molecule has 1 amide bonds. The van der Waals surface area contributed by atoms with Crippen molar-refractivity contribution in [1.82, 2.24) is 10.2 Å². The van der Waals surface area contributed by atoms with Crippen LogP contribution in [0.1, 0.15) is 42.9 Å². The number of nitrogens with zero attached hydrogens (tertiary/aromatic N) is 1. The van der Waals surface area contributed by atoms with Crippen molar-refractivity contribution in [3.05, 3.63) is 65.7 Å². The molecule has 1 saturated carbocycles. The number of carbonyl (C=O) groups is 1. The summed E-state index contributed by atoms with van der Waals surface area (Å²) in [4.78, 5) is 15.8. The highest BCUT2D eigenvalue weighted by molar-refractivity contribution is 7.89. The minimum atomic E-state index is -3.74. The summed E-state index contributed by atoms with van der Waals surface area (Å²) in [5.74, 6) is 0.00825. The molecule has 0 bridgehead atoms. The van der Waals surface area contributed by atoms with E-state index in [9.17, 15) is 13.2 Å². The van der Waals surface area contributed by atoms with E-state index in [1.165, 1.54) is 25.0 Å². The Bertz CT molecular complexity index is 964. The quantitative estimate of drug-likeness (QED) is 0.729. The average Bonchev–Trinajstić information content (AvgIpc) is 3.38. The van der Waals surface area contributed by atoms with Gasteiger partial charge in [0.05, 0.1) is 16.4 Å². The van der Waals surface area contributed by atoms with E-state index in [-0.39, 0.29) is 16.8 Å². The van der Waals surface area contributed by atoms with Crippen LogP contribution in [0.15, 0.2) is 59.5 Å². The summed E-state index contributed by atoms with van der Waals surface area (Å²) in [6.45, 7) is 2.94. The van der Waals surface area contributed by atoms with E-state index in [4.69, 9.17) is 5.14 Å². The van der Waals surface area contributed by atoms with Crippen LogP contribution in [0.4, 0.5) is 0 Å². The minimum Gasteiger partial charge on any atom is -0.347 e. The van der Waals surface area contributed by atoms with Gasteiger partial charge in [0.1, 0.15) is 0 Å². The number of sulfonamides is 1. The first kappa shape index (κ1) is 20.1. The number of amides is 1. The van der Waals surface area contributed by atoms with Gasteiger partial charge in [-0.3, -0.25) is 4.79 Å². The van der Waals surface area contributed by atoms with E-state index in [2.05, 4.69) is 22.3 Å². The summed E-state index contributed by atoms with van der Waals surface area (Å²) in [6.07, 6.45) is 3.93. The molecule has 2 aromatic rings. The maximum atomic E-state index is 13.3. The monoisotopic (exact) mass is 413 g/mol. The third-order valence-corrected chi connectivity index (χ3v) is 7.00. The van der Waals surface area contributed by atoms with E-state index in [0.717, 1.165) is 43.6 Å². The molecule has 0 aromatic heterocycles. The van der Waals surface area contributed by atoms with Crippen LogP contribution in [0.25, 0.3) is 0 Å². The van der Waals surface area contributed by atoms with Gasteiger partial charge in [0.2, 0.25) is 15.9 Å². The molecule has 1 unspecified atom stereocenters. The molecular formula is C22H27N3O3S. The average molecular weight is 414 g/mol. The number of likely N-dealkylation sites (tertiary alicyclic amines) is 1. The molecule has 2 aliphatic rings. The van der Waals surface area contributed by atoms with Gasteiger partial charge in [0.25, 0.3) is 0 Å².